The highest BCUT2D eigenvalue weighted by Crippen LogP contribution is 2.14. The van der Waals surface area contributed by atoms with Gasteiger partial charge in [-0.05, 0) is 46.0 Å². The van der Waals surface area contributed by atoms with Crippen LogP contribution in [0.15, 0.2) is 23.8 Å². The maximum Gasteiger partial charge on any atom is -0.0262 e. The summed E-state index contributed by atoms with van der Waals surface area (Å²) >= 11 is 0. The van der Waals surface area contributed by atoms with Crippen molar-refractivity contribution < 1.29 is 0 Å². The summed E-state index contributed by atoms with van der Waals surface area (Å²) in [4.78, 5) is 0. The fraction of sp³-hybridized carbons (Fsp3) is 0.733. The molecule has 0 aliphatic heterocycles. The molecule has 0 nitrogen and oxygen atoms in total. The zero-order valence-corrected chi connectivity index (χ0v) is 11.1. The van der Waals surface area contributed by atoms with E-state index in [-0.39, 0.29) is 0 Å². The normalized spacial score (nSPS) is 14.8. The van der Waals surface area contributed by atoms with Gasteiger partial charge in [0.2, 0.25) is 0 Å². The molecule has 0 N–H and O–H groups in total. The van der Waals surface area contributed by atoms with E-state index in [1.807, 2.05) is 0 Å². The average molecular weight is 208 g/mol. The molecular weight excluding hydrogens is 180 g/mol. The third kappa shape index (κ3) is 9.78. The maximum atomic E-state index is 2.31. The van der Waals surface area contributed by atoms with Crippen molar-refractivity contribution in [3.05, 3.63) is 23.8 Å². The minimum Gasteiger partial charge on any atom is -0.0914 e. The molecule has 0 saturated carbocycles. The molecule has 0 aromatic rings. The Morgan fingerprint density at radius 2 is 1.73 bits per heavy atom. The molecule has 0 spiro atoms. The third-order valence-electron chi connectivity index (χ3n) is 2.99. The van der Waals surface area contributed by atoms with Crippen molar-refractivity contribution in [2.24, 2.45) is 5.92 Å². The molecule has 15 heavy (non-hydrogen) atoms. The lowest BCUT2D eigenvalue weighted by atomic mass is 10.0. The lowest BCUT2D eigenvalue weighted by molar-refractivity contribution is 0.552. The summed E-state index contributed by atoms with van der Waals surface area (Å²) < 4.78 is 0. The topological polar surface area (TPSA) is 0 Å². The van der Waals surface area contributed by atoms with Gasteiger partial charge in [-0.15, -0.1) is 0 Å². The van der Waals surface area contributed by atoms with Gasteiger partial charge in [0.1, 0.15) is 0 Å². The Hall–Kier alpha value is -0.520. The Balaban J connectivity index is 3.25. The van der Waals surface area contributed by atoms with Crippen LogP contribution in [0.2, 0.25) is 0 Å². The van der Waals surface area contributed by atoms with Gasteiger partial charge in [0.25, 0.3) is 0 Å². The van der Waals surface area contributed by atoms with Gasteiger partial charge in [-0.2, -0.15) is 0 Å². The van der Waals surface area contributed by atoms with Crippen molar-refractivity contribution >= 4 is 0 Å². The highest BCUT2D eigenvalue weighted by atomic mass is 14.0. The third-order valence-corrected chi connectivity index (χ3v) is 2.99. The van der Waals surface area contributed by atoms with E-state index >= 15 is 0 Å². The number of unbranched alkanes of at least 4 members (excludes halogenated alkanes) is 3. The van der Waals surface area contributed by atoms with Gasteiger partial charge in [-0.3, -0.25) is 0 Å². The van der Waals surface area contributed by atoms with Gasteiger partial charge in [-0.25, -0.2) is 0 Å². The lowest BCUT2D eigenvalue weighted by Gasteiger charge is -2.05. The molecular formula is C15H28. The van der Waals surface area contributed by atoms with Crippen LogP contribution in [0.5, 0.6) is 0 Å². The fourth-order valence-electron chi connectivity index (χ4n) is 1.79. The summed E-state index contributed by atoms with van der Waals surface area (Å²) in [7, 11) is 0. The maximum absolute atomic E-state index is 2.31. The summed E-state index contributed by atoms with van der Waals surface area (Å²) in [5, 5.41) is 0. The Bertz CT molecular complexity index is 186. The Kier molecular flexibility index (Phi) is 9.67. The van der Waals surface area contributed by atoms with E-state index in [0.29, 0.717) is 0 Å². The number of rotatable bonds is 8. The van der Waals surface area contributed by atoms with Crippen LogP contribution in [0, 0.1) is 5.92 Å². The van der Waals surface area contributed by atoms with E-state index in [0.717, 1.165) is 5.92 Å². The predicted molar refractivity (Wildman–Crippen MR) is 71.1 cm³/mol. The zero-order valence-electron chi connectivity index (χ0n) is 11.1. The van der Waals surface area contributed by atoms with Crippen LogP contribution >= 0.6 is 0 Å². The van der Waals surface area contributed by atoms with Gasteiger partial charge in [0.15, 0.2) is 0 Å². The molecule has 0 fully saturated rings. The minimum absolute atomic E-state index is 0.771. The molecule has 1 unspecified atom stereocenters. The van der Waals surface area contributed by atoms with Gasteiger partial charge >= 0.3 is 0 Å². The van der Waals surface area contributed by atoms with Crippen LogP contribution in [0.1, 0.15) is 66.2 Å². The number of allylic oxidation sites excluding steroid dienone is 4. The molecule has 88 valence electrons. The summed E-state index contributed by atoms with van der Waals surface area (Å²) in [6.07, 6.45) is 14.9. The second-order valence-electron chi connectivity index (χ2n) is 4.59. The van der Waals surface area contributed by atoms with Crippen molar-refractivity contribution in [1.29, 1.82) is 0 Å². The first kappa shape index (κ1) is 14.5. The lowest BCUT2D eigenvalue weighted by Crippen LogP contribution is -1.89. The second kappa shape index (κ2) is 10.0. The summed E-state index contributed by atoms with van der Waals surface area (Å²) in [6, 6.07) is 0. The highest BCUT2D eigenvalue weighted by molar-refractivity contribution is 4.94. The number of hydrogen-bond acceptors (Lipinski definition) is 0. The van der Waals surface area contributed by atoms with Crippen LogP contribution < -0.4 is 0 Å². The minimum atomic E-state index is 0.771. The number of hydrogen-bond donors (Lipinski definition) is 0. The van der Waals surface area contributed by atoms with Crippen LogP contribution in [0.25, 0.3) is 0 Å². The van der Waals surface area contributed by atoms with Crippen LogP contribution in [-0.4, -0.2) is 0 Å². The van der Waals surface area contributed by atoms with E-state index in [4.69, 9.17) is 0 Å². The Labute approximate surface area is 96.5 Å². The highest BCUT2D eigenvalue weighted by Gasteiger charge is 1.96. The summed E-state index contributed by atoms with van der Waals surface area (Å²) in [5.41, 5.74) is 1.54. The molecule has 0 bridgehead atoms. The standard InChI is InChI=1S/C15H28/c1-5-11-15(4)13-10-8-7-9-12-14(3)6-2/h5-6,11,15H,7-10,12-13H2,1-4H3. The Morgan fingerprint density at radius 1 is 1.07 bits per heavy atom. The molecule has 0 heterocycles. The molecule has 0 radical (unpaired) electrons. The fourth-order valence-corrected chi connectivity index (χ4v) is 1.79. The van der Waals surface area contributed by atoms with Crippen molar-refractivity contribution in [2.75, 3.05) is 0 Å². The van der Waals surface area contributed by atoms with Crippen molar-refractivity contribution in [3.63, 3.8) is 0 Å². The molecule has 1 atom stereocenters. The molecule has 0 rings (SSSR count). The van der Waals surface area contributed by atoms with Crippen LogP contribution in [-0.2, 0) is 0 Å². The quantitative estimate of drug-likeness (QED) is 0.365. The molecule has 0 aliphatic carbocycles. The first-order valence-electron chi connectivity index (χ1n) is 6.45. The molecule has 0 amide bonds. The predicted octanol–water partition coefficient (Wildman–Crippen LogP) is 5.51. The van der Waals surface area contributed by atoms with Crippen molar-refractivity contribution in [1.82, 2.24) is 0 Å². The van der Waals surface area contributed by atoms with Crippen molar-refractivity contribution in [2.45, 2.75) is 66.2 Å². The average Bonchev–Trinajstić information content (AvgIpc) is 2.23. The smallest absolute Gasteiger partial charge is 0.0262 e. The van der Waals surface area contributed by atoms with E-state index < -0.39 is 0 Å². The molecule has 0 heteroatoms. The SMILES string of the molecule is CC=CC(C)CCCCCCC(C)=CC. The van der Waals surface area contributed by atoms with Gasteiger partial charge in [0.05, 0.1) is 0 Å². The molecule has 0 aromatic carbocycles. The summed E-state index contributed by atoms with van der Waals surface area (Å²) in [6.45, 7) is 8.78. The monoisotopic (exact) mass is 208 g/mol. The second-order valence-corrected chi connectivity index (χ2v) is 4.59. The van der Waals surface area contributed by atoms with Gasteiger partial charge < -0.3 is 0 Å². The van der Waals surface area contributed by atoms with Crippen LogP contribution in [0.3, 0.4) is 0 Å². The van der Waals surface area contributed by atoms with Gasteiger partial charge in [-0.1, -0.05) is 50.0 Å². The van der Waals surface area contributed by atoms with E-state index in [1.54, 1.807) is 0 Å². The molecule has 0 saturated heterocycles. The zero-order chi connectivity index (χ0) is 11.5. The van der Waals surface area contributed by atoms with E-state index in [9.17, 15) is 0 Å². The largest absolute Gasteiger partial charge is 0.0914 e. The summed E-state index contributed by atoms with van der Waals surface area (Å²) in [5.74, 6) is 0.771. The van der Waals surface area contributed by atoms with Crippen molar-refractivity contribution in [3.8, 4) is 0 Å². The van der Waals surface area contributed by atoms with Crippen LogP contribution in [0.4, 0.5) is 0 Å². The van der Waals surface area contributed by atoms with E-state index in [2.05, 4.69) is 45.9 Å². The van der Waals surface area contributed by atoms with E-state index in [1.165, 1.54) is 44.1 Å². The first-order valence-corrected chi connectivity index (χ1v) is 6.45. The van der Waals surface area contributed by atoms with Gasteiger partial charge in [0, 0.05) is 0 Å². The first-order chi connectivity index (χ1) is 7.20. The Morgan fingerprint density at radius 3 is 2.33 bits per heavy atom. The molecule has 0 aliphatic rings. The molecule has 0 aromatic heterocycles.